The fourth-order valence-electron chi connectivity index (χ4n) is 5.31. The molecule has 1 amide bonds. The molecule has 0 spiro atoms. The number of carbonyl (C=O) groups is 1. The maximum Gasteiger partial charge on any atom is 0.276 e. The molecule has 9 nitrogen and oxygen atoms in total. The first-order valence-corrected chi connectivity index (χ1v) is 12.8. The molecule has 2 aliphatic rings. The zero-order valence-electron chi connectivity index (χ0n) is 20.8. The molecule has 1 fully saturated rings. The number of aryl methyl sites for hydroxylation is 2. The van der Waals surface area contributed by atoms with E-state index in [1.807, 2.05) is 28.5 Å². The normalized spacial score (nSPS) is 21.9. The van der Waals surface area contributed by atoms with Crippen molar-refractivity contribution in [2.24, 2.45) is 11.7 Å². The first-order valence-electron chi connectivity index (χ1n) is 12.4. The molecule has 0 saturated carbocycles. The Bertz CT molecular complexity index is 1320. The number of nitrogens with one attached hydrogen (secondary N) is 1. The summed E-state index contributed by atoms with van der Waals surface area (Å²) in [5.74, 6) is -3.65. The SMILES string of the molecule is CCn1cc(Cl)c2cc(C(=O)NC3CCc4nc(N5CC(N)C(C(F)(F)COC)C5)ccc4C3)nnc21. The van der Waals surface area contributed by atoms with Gasteiger partial charge in [-0.15, -0.1) is 10.2 Å². The van der Waals surface area contributed by atoms with Crippen LogP contribution in [-0.4, -0.2) is 70.5 Å². The molecule has 5 rings (SSSR count). The van der Waals surface area contributed by atoms with Gasteiger partial charge in [-0.25, -0.2) is 13.8 Å². The number of rotatable bonds is 7. The van der Waals surface area contributed by atoms with E-state index in [0.29, 0.717) is 54.2 Å². The van der Waals surface area contributed by atoms with Crippen molar-refractivity contribution in [3.05, 3.63) is 46.4 Å². The van der Waals surface area contributed by atoms with Crippen molar-refractivity contribution in [1.82, 2.24) is 25.1 Å². The number of nitrogens with two attached hydrogens (primary N) is 1. The molecule has 4 heterocycles. The van der Waals surface area contributed by atoms with Gasteiger partial charge >= 0.3 is 0 Å². The first-order chi connectivity index (χ1) is 17.7. The highest BCUT2D eigenvalue weighted by Gasteiger charge is 2.48. The lowest BCUT2D eigenvalue weighted by Gasteiger charge is -2.27. The number of anilines is 1. The maximum atomic E-state index is 14.4. The van der Waals surface area contributed by atoms with E-state index in [1.54, 1.807) is 12.3 Å². The highest BCUT2D eigenvalue weighted by atomic mass is 35.5. The molecular formula is C25H30ClF2N7O2. The Balaban J connectivity index is 1.24. The molecule has 3 atom stereocenters. The number of fused-ring (bicyclic) bond motifs is 2. The van der Waals surface area contributed by atoms with Crippen LogP contribution in [0.25, 0.3) is 11.0 Å². The van der Waals surface area contributed by atoms with Crippen molar-refractivity contribution in [2.45, 2.75) is 50.7 Å². The lowest BCUT2D eigenvalue weighted by atomic mass is 9.91. The van der Waals surface area contributed by atoms with E-state index in [1.165, 1.54) is 7.11 Å². The van der Waals surface area contributed by atoms with E-state index in [4.69, 9.17) is 27.1 Å². The lowest BCUT2D eigenvalue weighted by Crippen LogP contribution is -2.43. The average molecular weight is 534 g/mol. The molecule has 3 unspecified atom stereocenters. The topological polar surface area (TPSA) is 111 Å². The fourth-order valence-corrected chi connectivity index (χ4v) is 5.57. The molecule has 3 N–H and O–H groups in total. The Morgan fingerprint density at radius 1 is 1.32 bits per heavy atom. The van der Waals surface area contributed by atoms with E-state index in [0.717, 1.165) is 11.3 Å². The van der Waals surface area contributed by atoms with Crippen LogP contribution in [0.15, 0.2) is 24.4 Å². The molecule has 0 bridgehead atoms. The largest absolute Gasteiger partial charge is 0.378 e. The summed E-state index contributed by atoms with van der Waals surface area (Å²) in [5, 5.41) is 12.6. The van der Waals surface area contributed by atoms with Crippen LogP contribution < -0.4 is 16.0 Å². The van der Waals surface area contributed by atoms with Gasteiger partial charge in [0.05, 0.1) is 10.9 Å². The zero-order chi connectivity index (χ0) is 26.3. The number of alkyl halides is 2. The van der Waals surface area contributed by atoms with Gasteiger partial charge in [0.1, 0.15) is 12.4 Å². The summed E-state index contributed by atoms with van der Waals surface area (Å²) >= 11 is 6.31. The van der Waals surface area contributed by atoms with Gasteiger partial charge in [0, 0.05) is 56.1 Å². The second kappa shape index (κ2) is 10.1. The smallest absolute Gasteiger partial charge is 0.276 e. The molecule has 1 saturated heterocycles. The van der Waals surface area contributed by atoms with Crippen molar-refractivity contribution >= 4 is 34.4 Å². The summed E-state index contributed by atoms with van der Waals surface area (Å²) in [6, 6.07) is 4.72. The summed E-state index contributed by atoms with van der Waals surface area (Å²) in [6.45, 7) is 2.47. The van der Waals surface area contributed by atoms with E-state index in [2.05, 4.69) is 15.5 Å². The molecule has 198 valence electrons. The van der Waals surface area contributed by atoms with Gasteiger partial charge in [-0.2, -0.15) is 0 Å². The number of amides is 1. The standard InChI is InChI=1S/C25H30ClF2N7O2/c1-3-34-11-18(26)16-9-21(32-33-23(16)34)24(36)30-15-5-6-20-14(8-15)4-7-22(31-20)35-10-17(19(29)12-35)25(27,28)13-37-2/h4,7,9,11,15,17,19H,3,5-6,8,10,12-13,29H2,1-2H3,(H,30,36). The third kappa shape index (κ3) is 4.99. The minimum atomic E-state index is -3.00. The third-order valence-corrected chi connectivity index (χ3v) is 7.60. The molecule has 0 aromatic carbocycles. The monoisotopic (exact) mass is 533 g/mol. The van der Waals surface area contributed by atoms with Crippen LogP contribution in [0.2, 0.25) is 5.02 Å². The number of pyridine rings is 1. The van der Waals surface area contributed by atoms with Gasteiger partial charge in [0.15, 0.2) is 11.3 Å². The van der Waals surface area contributed by atoms with E-state index >= 15 is 0 Å². The van der Waals surface area contributed by atoms with Crippen LogP contribution in [0.1, 0.15) is 35.1 Å². The molecule has 37 heavy (non-hydrogen) atoms. The van der Waals surface area contributed by atoms with Crippen LogP contribution in [0, 0.1) is 5.92 Å². The summed E-state index contributed by atoms with van der Waals surface area (Å²) in [7, 11) is 1.26. The summed E-state index contributed by atoms with van der Waals surface area (Å²) in [4.78, 5) is 19.5. The number of halogens is 3. The number of aromatic nitrogens is 4. The van der Waals surface area contributed by atoms with E-state index in [9.17, 15) is 13.6 Å². The Hall–Kier alpha value is -2.89. The Morgan fingerprint density at radius 3 is 2.89 bits per heavy atom. The Kier molecular flexibility index (Phi) is 7.03. The molecule has 0 radical (unpaired) electrons. The second-order valence-corrected chi connectivity index (χ2v) is 10.2. The van der Waals surface area contributed by atoms with Crippen LogP contribution in [0.5, 0.6) is 0 Å². The highest BCUT2D eigenvalue weighted by Crippen LogP contribution is 2.34. The second-order valence-electron chi connectivity index (χ2n) is 9.79. The van der Waals surface area contributed by atoms with Crippen molar-refractivity contribution in [3.8, 4) is 0 Å². The number of nitrogens with zero attached hydrogens (tertiary/aromatic N) is 5. The molecular weight excluding hydrogens is 504 g/mol. The molecule has 1 aliphatic heterocycles. The Morgan fingerprint density at radius 2 is 2.14 bits per heavy atom. The minimum absolute atomic E-state index is 0.0850. The first kappa shape index (κ1) is 25.7. The summed E-state index contributed by atoms with van der Waals surface area (Å²) in [5.41, 5.74) is 8.85. The minimum Gasteiger partial charge on any atom is -0.378 e. The highest BCUT2D eigenvalue weighted by molar-refractivity contribution is 6.35. The molecule has 1 aliphatic carbocycles. The van der Waals surface area contributed by atoms with Crippen LogP contribution >= 0.6 is 11.6 Å². The van der Waals surface area contributed by atoms with Gasteiger partial charge in [-0.3, -0.25) is 4.79 Å². The van der Waals surface area contributed by atoms with Crippen LogP contribution in [-0.2, 0) is 24.1 Å². The van der Waals surface area contributed by atoms with Crippen molar-refractivity contribution in [3.63, 3.8) is 0 Å². The summed E-state index contributed by atoms with van der Waals surface area (Å²) in [6.07, 6.45) is 3.76. The fraction of sp³-hybridized carbons (Fsp3) is 0.520. The third-order valence-electron chi connectivity index (χ3n) is 7.30. The van der Waals surface area contributed by atoms with Crippen molar-refractivity contribution in [2.75, 3.05) is 31.7 Å². The number of hydrogen-bond acceptors (Lipinski definition) is 7. The van der Waals surface area contributed by atoms with Crippen molar-refractivity contribution < 1.29 is 18.3 Å². The average Bonchev–Trinajstić information content (AvgIpc) is 3.43. The lowest BCUT2D eigenvalue weighted by molar-refractivity contribution is -0.105. The quantitative estimate of drug-likeness (QED) is 0.480. The van der Waals surface area contributed by atoms with Crippen LogP contribution in [0.3, 0.4) is 0 Å². The molecule has 3 aromatic heterocycles. The van der Waals surface area contributed by atoms with Gasteiger partial charge in [0.2, 0.25) is 0 Å². The van der Waals surface area contributed by atoms with Gasteiger partial charge < -0.3 is 25.3 Å². The zero-order valence-corrected chi connectivity index (χ0v) is 21.5. The van der Waals surface area contributed by atoms with Crippen molar-refractivity contribution in [1.29, 1.82) is 0 Å². The maximum absolute atomic E-state index is 14.4. The molecule has 3 aromatic rings. The number of ether oxygens (including phenoxy) is 1. The summed E-state index contributed by atoms with van der Waals surface area (Å²) < 4.78 is 35.4. The van der Waals surface area contributed by atoms with Gasteiger partial charge in [-0.05, 0) is 43.9 Å². The predicted octanol–water partition coefficient (Wildman–Crippen LogP) is 2.83. The number of methoxy groups -OCH3 is 1. The number of hydrogen-bond donors (Lipinski definition) is 2. The molecule has 12 heteroatoms. The van der Waals surface area contributed by atoms with Gasteiger partial charge in [-0.1, -0.05) is 17.7 Å². The van der Waals surface area contributed by atoms with E-state index in [-0.39, 0.29) is 24.2 Å². The van der Waals surface area contributed by atoms with Gasteiger partial charge in [0.25, 0.3) is 11.8 Å². The predicted molar refractivity (Wildman–Crippen MR) is 136 cm³/mol. The Labute approximate surface area is 218 Å². The van der Waals surface area contributed by atoms with E-state index < -0.39 is 24.5 Å². The number of carbonyl (C=O) groups excluding carboxylic acids is 1. The van der Waals surface area contributed by atoms with Crippen LogP contribution in [0.4, 0.5) is 14.6 Å².